The molecule has 0 rings (SSSR count). The normalized spacial score (nSPS) is 11.1. The van der Waals surface area contributed by atoms with Crippen LogP contribution in [-0.2, 0) is 24.4 Å². The van der Waals surface area contributed by atoms with Crippen molar-refractivity contribution in [3.8, 4) is 0 Å². The van der Waals surface area contributed by atoms with E-state index in [9.17, 15) is 22.6 Å². The van der Waals surface area contributed by atoms with Gasteiger partial charge in [-0.05, 0) is 6.42 Å². The van der Waals surface area contributed by atoms with E-state index in [2.05, 4.69) is 6.92 Å². The monoisotopic (exact) mass is 371 g/mol. The maximum absolute atomic E-state index is 11.6. The van der Waals surface area contributed by atoms with Gasteiger partial charge in [-0.15, -0.1) is 0 Å². The van der Waals surface area contributed by atoms with Gasteiger partial charge in [0.2, 0.25) is 5.91 Å². The molecule has 7 nitrogen and oxygen atoms in total. The molecule has 0 saturated carbocycles. The number of esters is 1. The topological polar surface area (TPSA) is 104 Å². The Kier molecular flexibility index (Phi) is 16.0. The molecule has 24 heavy (non-hydrogen) atoms. The Balaban J connectivity index is 0. The Labute approximate surface area is 166 Å². The van der Waals surface area contributed by atoms with E-state index in [1.165, 1.54) is 26.3 Å². The second-order valence-corrected chi connectivity index (χ2v) is 6.81. The van der Waals surface area contributed by atoms with Gasteiger partial charge in [0.05, 0.1) is 22.5 Å². The summed E-state index contributed by atoms with van der Waals surface area (Å²) in [5.74, 6) is -1.84. The fourth-order valence-electron chi connectivity index (χ4n) is 1.73. The molecule has 0 radical (unpaired) electrons. The van der Waals surface area contributed by atoms with E-state index < -0.39 is 27.7 Å². The molecule has 134 valence electrons. The minimum Gasteiger partial charge on any atom is -0.748 e. The van der Waals surface area contributed by atoms with Crippen LogP contribution < -0.4 is 29.6 Å². The molecule has 0 aromatic heterocycles. The van der Waals surface area contributed by atoms with Crippen molar-refractivity contribution in [3.05, 3.63) is 12.2 Å². The van der Waals surface area contributed by atoms with Crippen molar-refractivity contribution < 1.29 is 56.9 Å². The molecule has 0 aromatic carbocycles. The summed E-state index contributed by atoms with van der Waals surface area (Å²) >= 11 is 0. The average molecular weight is 371 g/mol. The van der Waals surface area contributed by atoms with E-state index in [-0.39, 0.29) is 36.1 Å². The number of hydrogen-bond acceptors (Lipinski definition) is 6. The SMILES string of the molecule is CCCCCCCCOC(=O)/C=C/C(=O)N(C)CCS(=O)(=O)[O-].[Na+]. The molecule has 0 spiro atoms. The minimum absolute atomic E-state index is 0. The van der Waals surface area contributed by atoms with Crippen molar-refractivity contribution in [2.24, 2.45) is 0 Å². The zero-order chi connectivity index (χ0) is 17.7. The van der Waals surface area contributed by atoms with Crippen LogP contribution in [0.1, 0.15) is 45.4 Å². The Morgan fingerprint density at radius 1 is 1.08 bits per heavy atom. The first-order chi connectivity index (χ1) is 10.8. The Bertz CT molecular complexity index is 492. The van der Waals surface area contributed by atoms with Crippen molar-refractivity contribution in [2.45, 2.75) is 45.4 Å². The van der Waals surface area contributed by atoms with E-state index in [1.807, 2.05) is 0 Å². The summed E-state index contributed by atoms with van der Waals surface area (Å²) in [6.07, 6.45) is 8.50. The molecule has 0 aliphatic carbocycles. The van der Waals surface area contributed by atoms with Crippen molar-refractivity contribution in [1.29, 1.82) is 0 Å². The van der Waals surface area contributed by atoms with Gasteiger partial charge in [-0.3, -0.25) is 4.79 Å². The third kappa shape index (κ3) is 16.4. The van der Waals surface area contributed by atoms with Gasteiger partial charge in [0, 0.05) is 25.7 Å². The predicted molar refractivity (Wildman–Crippen MR) is 85.7 cm³/mol. The number of hydrogen-bond donors (Lipinski definition) is 0. The second kappa shape index (κ2) is 14.9. The quantitative estimate of drug-likeness (QED) is 0.135. The van der Waals surface area contributed by atoms with Crippen LogP contribution in [0.4, 0.5) is 0 Å². The number of rotatable bonds is 12. The van der Waals surface area contributed by atoms with Gasteiger partial charge in [-0.1, -0.05) is 39.0 Å². The molecule has 0 atom stereocenters. The van der Waals surface area contributed by atoms with Crippen LogP contribution in [0.25, 0.3) is 0 Å². The molecular weight excluding hydrogens is 345 g/mol. The number of amides is 1. The van der Waals surface area contributed by atoms with E-state index >= 15 is 0 Å². The van der Waals surface area contributed by atoms with Crippen molar-refractivity contribution in [2.75, 3.05) is 26.0 Å². The number of ether oxygens (including phenoxy) is 1. The molecule has 9 heteroatoms. The van der Waals surface area contributed by atoms with Crippen LogP contribution in [-0.4, -0.2) is 55.7 Å². The predicted octanol–water partition coefficient (Wildman–Crippen LogP) is -1.55. The average Bonchev–Trinajstić information content (AvgIpc) is 2.48. The maximum Gasteiger partial charge on any atom is 1.00 e. The molecule has 0 aliphatic rings. The van der Waals surface area contributed by atoms with Crippen molar-refractivity contribution in [1.82, 2.24) is 4.90 Å². The van der Waals surface area contributed by atoms with Crippen LogP contribution >= 0.6 is 0 Å². The van der Waals surface area contributed by atoms with Crippen molar-refractivity contribution in [3.63, 3.8) is 0 Å². The molecule has 0 aromatic rings. The summed E-state index contributed by atoms with van der Waals surface area (Å²) < 4.78 is 36.4. The van der Waals surface area contributed by atoms with Crippen molar-refractivity contribution >= 4 is 22.0 Å². The molecule has 0 bridgehead atoms. The summed E-state index contributed by atoms with van der Waals surface area (Å²) in [5, 5.41) is 0. The summed E-state index contributed by atoms with van der Waals surface area (Å²) in [4.78, 5) is 24.0. The first-order valence-electron chi connectivity index (χ1n) is 7.79. The molecule has 0 aliphatic heterocycles. The molecule has 1 amide bonds. The summed E-state index contributed by atoms with van der Waals surface area (Å²) in [5.41, 5.74) is 0. The third-order valence-electron chi connectivity index (χ3n) is 3.16. The van der Waals surface area contributed by atoms with Crippen LogP contribution in [0, 0.1) is 0 Å². The van der Waals surface area contributed by atoms with Gasteiger partial charge in [0.15, 0.2) is 0 Å². The number of likely N-dealkylation sites (N-methyl/N-ethyl adjacent to an activating group) is 1. The molecule has 0 unspecified atom stereocenters. The maximum atomic E-state index is 11.6. The number of carbonyl (C=O) groups excluding carboxylic acids is 2. The molecule has 0 fully saturated rings. The molecule has 0 saturated heterocycles. The van der Waals surface area contributed by atoms with Gasteiger partial charge >= 0.3 is 35.5 Å². The van der Waals surface area contributed by atoms with Gasteiger partial charge in [-0.2, -0.15) is 0 Å². The Morgan fingerprint density at radius 2 is 1.67 bits per heavy atom. The van der Waals surface area contributed by atoms with E-state index in [0.717, 1.165) is 36.3 Å². The summed E-state index contributed by atoms with van der Waals surface area (Å²) in [7, 11) is -3.02. The number of carbonyl (C=O) groups is 2. The van der Waals surface area contributed by atoms with Gasteiger partial charge < -0.3 is 14.2 Å². The first-order valence-corrected chi connectivity index (χ1v) is 9.37. The third-order valence-corrected chi connectivity index (χ3v) is 3.84. The van der Waals surface area contributed by atoms with Crippen LogP contribution in [0.2, 0.25) is 0 Å². The zero-order valence-corrected chi connectivity index (χ0v) is 17.6. The Hall–Kier alpha value is -0.410. The standard InChI is InChI=1S/C15H27NO6S.Na/c1-3-4-5-6-7-8-12-22-15(18)10-9-14(17)16(2)11-13-23(19,20)21;/h9-10H,3-8,11-13H2,1-2H3,(H,19,20,21);/q;+1/p-1/b10-9+;. The summed E-state index contributed by atoms with van der Waals surface area (Å²) in [6.45, 7) is 2.24. The molecule has 0 N–H and O–H groups in total. The molecule has 0 heterocycles. The second-order valence-electron chi connectivity index (χ2n) is 5.29. The van der Waals surface area contributed by atoms with Gasteiger partial charge in [-0.25, -0.2) is 13.2 Å². The smallest absolute Gasteiger partial charge is 0.748 e. The molecular formula is C15H26NNaO6S. The van der Waals surface area contributed by atoms with E-state index in [1.54, 1.807) is 0 Å². The first kappa shape index (κ1) is 25.8. The van der Waals surface area contributed by atoms with E-state index in [4.69, 9.17) is 4.74 Å². The number of nitrogens with zero attached hydrogens (tertiary/aromatic N) is 1. The Morgan fingerprint density at radius 3 is 2.25 bits per heavy atom. The summed E-state index contributed by atoms with van der Waals surface area (Å²) in [6, 6.07) is 0. The van der Waals surface area contributed by atoms with Crippen LogP contribution in [0.3, 0.4) is 0 Å². The van der Waals surface area contributed by atoms with E-state index in [0.29, 0.717) is 6.61 Å². The fraction of sp³-hybridized carbons (Fsp3) is 0.733. The number of unbranched alkanes of at least 4 members (excludes halogenated alkanes) is 5. The van der Waals surface area contributed by atoms with Gasteiger partial charge in [0.1, 0.15) is 0 Å². The fourth-order valence-corrected chi connectivity index (χ4v) is 2.23. The van der Waals surface area contributed by atoms with Crippen LogP contribution in [0.15, 0.2) is 12.2 Å². The van der Waals surface area contributed by atoms with Crippen LogP contribution in [0.5, 0.6) is 0 Å². The minimum atomic E-state index is -4.37. The van der Waals surface area contributed by atoms with Gasteiger partial charge in [0.25, 0.3) is 0 Å². The largest absolute Gasteiger partial charge is 1.00 e. The zero-order valence-electron chi connectivity index (χ0n) is 14.8.